The molecule has 3 aliphatic carbocycles. The van der Waals surface area contributed by atoms with E-state index in [4.69, 9.17) is 0 Å². The Bertz CT molecular complexity index is 489. The van der Waals surface area contributed by atoms with Gasteiger partial charge in [-0.25, -0.2) is 0 Å². The minimum atomic E-state index is 0.185. The monoisotopic (exact) mass is 326 g/mol. The zero-order valence-electron chi connectivity index (χ0n) is 16.3. The lowest BCUT2D eigenvalue weighted by molar-refractivity contribution is 0.0675. The van der Waals surface area contributed by atoms with E-state index in [0.29, 0.717) is 46.3 Å². The first-order valence-electron chi connectivity index (χ1n) is 9.87. The van der Waals surface area contributed by atoms with Crippen LogP contribution >= 0.6 is 0 Å². The molecule has 0 spiro atoms. The fraction of sp³-hybridized carbons (Fsp3) is 0.909. The molecule has 0 radical (unpaired) electrons. The highest BCUT2D eigenvalue weighted by atomic mass is 14.6. The smallest absolute Gasteiger partial charge is 0.0661 e. The van der Waals surface area contributed by atoms with Gasteiger partial charge in [-0.3, -0.25) is 0 Å². The van der Waals surface area contributed by atoms with Crippen molar-refractivity contribution >= 4 is 0 Å². The normalized spacial score (nSPS) is 45.2. The van der Waals surface area contributed by atoms with Gasteiger partial charge in [0.2, 0.25) is 0 Å². The van der Waals surface area contributed by atoms with Crippen molar-refractivity contribution < 1.29 is 0 Å². The topological polar surface area (TPSA) is 47.6 Å². The zero-order valence-corrected chi connectivity index (χ0v) is 16.3. The molecule has 2 nitrogen and oxygen atoms in total. The van der Waals surface area contributed by atoms with Gasteiger partial charge in [0, 0.05) is 0 Å². The van der Waals surface area contributed by atoms with Gasteiger partial charge in [0.15, 0.2) is 0 Å². The molecule has 0 N–H and O–H groups in total. The van der Waals surface area contributed by atoms with Crippen LogP contribution in [0.25, 0.3) is 0 Å². The summed E-state index contributed by atoms with van der Waals surface area (Å²) in [6.45, 7) is 14.0. The maximum Gasteiger partial charge on any atom is 0.0661 e. The second-order valence-electron chi connectivity index (χ2n) is 11.0. The van der Waals surface area contributed by atoms with Crippen molar-refractivity contribution in [1.82, 2.24) is 0 Å². The van der Waals surface area contributed by atoms with E-state index in [1.807, 2.05) is 0 Å². The molecule has 0 saturated heterocycles. The van der Waals surface area contributed by atoms with E-state index < -0.39 is 0 Å². The fourth-order valence-corrected chi connectivity index (χ4v) is 6.29. The summed E-state index contributed by atoms with van der Waals surface area (Å²) in [4.78, 5) is 0. The highest BCUT2D eigenvalue weighted by Crippen LogP contribution is 2.63. The van der Waals surface area contributed by atoms with Gasteiger partial charge in [-0.2, -0.15) is 10.5 Å². The maximum atomic E-state index is 9.99. The first-order chi connectivity index (χ1) is 11.1. The quantitative estimate of drug-likeness (QED) is 0.577. The molecule has 0 bridgehead atoms. The molecule has 24 heavy (non-hydrogen) atoms. The summed E-state index contributed by atoms with van der Waals surface area (Å²) in [5, 5.41) is 20.0. The third-order valence-electron chi connectivity index (χ3n) is 7.92. The standard InChI is InChI=1S/C22H34N2/c1-21(2,3)13-7-15-16(8-13)20(12-24)18-10-14(22(4,5)6)9-17(18)19(15)11-23/h13-20H,7-10H2,1-6H3. The van der Waals surface area contributed by atoms with Crippen LogP contribution in [0.4, 0.5) is 0 Å². The Labute approximate surface area is 148 Å². The molecular weight excluding hydrogens is 292 g/mol. The van der Waals surface area contributed by atoms with Crippen LogP contribution < -0.4 is 0 Å². The number of fused-ring (bicyclic) bond motifs is 2. The minimum absolute atomic E-state index is 0.185. The molecule has 4 unspecified atom stereocenters. The Balaban J connectivity index is 1.91. The van der Waals surface area contributed by atoms with Gasteiger partial charge in [0.05, 0.1) is 24.0 Å². The maximum absolute atomic E-state index is 9.99. The first kappa shape index (κ1) is 17.8. The molecule has 3 fully saturated rings. The fourth-order valence-electron chi connectivity index (χ4n) is 6.29. The summed E-state index contributed by atoms with van der Waals surface area (Å²) in [5.74, 6) is 3.54. The minimum Gasteiger partial charge on any atom is -0.198 e. The lowest BCUT2D eigenvalue weighted by atomic mass is 9.59. The van der Waals surface area contributed by atoms with Crippen LogP contribution in [0.1, 0.15) is 67.2 Å². The third kappa shape index (κ3) is 2.77. The van der Waals surface area contributed by atoms with Gasteiger partial charge in [0.25, 0.3) is 0 Å². The van der Waals surface area contributed by atoms with Crippen LogP contribution in [0, 0.1) is 80.8 Å². The summed E-state index contributed by atoms with van der Waals surface area (Å²) >= 11 is 0. The molecule has 3 saturated carbocycles. The van der Waals surface area contributed by atoms with E-state index in [9.17, 15) is 10.5 Å². The lowest BCUT2D eigenvalue weighted by Gasteiger charge is -2.42. The Morgan fingerprint density at radius 2 is 0.833 bits per heavy atom. The molecule has 3 aliphatic rings. The Kier molecular flexibility index (Phi) is 4.27. The molecule has 3 rings (SSSR count). The second-order valence-corrected chi connectivity index (χ2v) is 11.0. The summed E-state index contributed by atoms with van der Waals surface area (Å²) in [6, 6.07) is 5.45. The summed E-state index contributed by atoms with van der Waals surface area (Å²) in [7, 11) is 0. The molecular formula is C22H34N2. The number of hydrogen-bond acceptors (Lipinski definition) is 2. The molecule has 132 valence electrons. The van der Waals surface area contributed by atoms with Crippen LogP contribution in [0.3, 0.4) is 0 Å². The largest absolute Gasteiger partial charge is 0.198 e. The van der Waals surface area contributed by atoms with Crippen LogP contribution in [-0.2, 0) is 0 Å². The number of nitrogens with zero attached hydrogens (tertiary/aromatic N) is 2. The van der Waals surface area contributed by atoms with E-state index in [2.05, 4.69) is 53.7 Å². The summed E-state index contributed by atoms with van der Waals surface area (Å²) in [5.41, 5.74) is 0.584. The van der Waals surface area contributed by atoms with Crippen molar-refractivity contribution in [2.75, 3.05) is 0 Å². The van der Waals surface area contributed by atoms with Crippen molar-refractivity contribution in [2.45, 2.75) is 67.2 Å². The van der Waals surface area contributed by atoms with Gasteiger partial charge in [-0.1, -0.05) is 41.5 Å². The van der Waals surface area contributed by atoms with Crippen molar-refractivity contribution in [1.29, 1.82) is 10.5 Å². The van der Waals surface area contributed by atoms with Gasteiger partial charge in [-0.15, -0.1) is 0 Å². The summed E-state index contributed by atoms with van der Waals surface area (Å²) in [6.07, 6.45) is 4.64. The van der Waals surface area contributed by atoms with Gasteiger partial charge in [0.1, 0.15) is 0 Å². The summed E-state index contributed by atoms with van der Waals surface area (Å²) < 4.78 is 0. The van der Waals surface area contributed by atoms with Crippen molar-refractivity contribution in [2.24, 2.45) is 58.2 Å². The van der Waals surface area contributed by atoms with Crippen LogP contribution in [0.2, 0.25) is 0 Å². The Hall–Kier alpha value is -1.02. The predicted molar refractivity (Wildman–Crippen MR) is 96.5 cm³/mol. The number of hydrogen-bond donors (Lipinski definition) is 0. The van der Waals surface area contributed by atoms with Crippen molar-refractivity contribution in [3.63, 3.8) is 0 Å². The lowest BCUT2D eigenvalue weighted by Crippen LogP contribution is -2.41. The van der Waals surface area contributed by atoms with Crippen molar-refractivity contribution in [3.8, 4) is 12.1 Å². The van der Waals surface area contributed by atoms with E-state index >= 15 is 0 Å². The number of rotatable bonds is 0. The molecule has 0 amide bonds. The third-order valence-corrected chi connectivity index (χ3v) is 7.92. The van der Waals surface area contributed by atoms with Gasteiger partial charge in [-0.05, 0) is 72.0 Å². The molecule has 0 aliphatic heterocycles. The zero-order chi connectivity index (χ0) is 17.9. The molecule has 2 heteroatoms. The van der Waals surface area contributed by atoms with E-state index in [1.54, 1.807) is 0 Å². The SMILES string of the molecule is CC(C)(C)C1CC2C(C#N)C3CC(C(C)(C)C)CC3C(C#N)C2C1. The average molecular weight is 327 g/mol. The predicted octanol–water partition coefficient (Wildman–Crippen LogP) is 5.66. The van der Waals surface area contributed by atoms with Gasteiger partial charge < -0.3 is 0 Å². The average Bonchev–Trinajstić information content (AvgIpc) is 3.07. The molecule has 0 heterocycles. The second kappa shape index (κ2) is 5.76. The molecule has 0 aromatic rings. The Morgan fingerprint density at radius 3 is 1.00 bits per heavy atom. The molecule has 0 aromatic heterocycles. The first-order valence-corrected chi connectivity index (χ1v) is 9.87. The van der Waals surface area contributed by atoms with E-state index in [0.717, 1.165) is 25.7 Å². The van der Waals surface area contributed by atoms with Crippen molar-refractivity contribution in [3.05, 3.63) is 0 Å². The highest BCUT2D eigenvalue weighted by molar-refractivity contribution is 5.15. The highest BCUT2D eigenvalue weighted by Gasteiger charge is 2.58. The van der Waals surface area contributed by atoms with Crippen LogP contribution in [-0.4, -0.2) is 0 Å². The molecule has 0 aromatic carbocycles. The van der Waals surface area contributed by atoms with Crippen LogP contribution in [0.5, 0.6) is 0 Å². The Morgan fingerprint density at radius 1 is 0.583 bits per heavy atom. The number of nitriles is 2. The van der Waals surface area contributed by atoms with E-state index in [1.165, 1.54) is 0 Å². The van der Waals surface area contributed by atoms with E-state index in [-0.39, 0.29) is 11.8 Å². The van der Waals surface area contributed by atoms with Gasteiger partial charge >= 0.3 is 0 Å². The molecule has 4 atom stereocenters. The van der Waals surface area contributed by atoms with Crippen LogP contribution in [0.15, 0.2) is 0 Å².